The molecular weight excluding hydrogens is 421 g/mol. The molecule has 3 rings (SSSR count). The Balaban J connectivity index is 1.74. The number of amides is 2. The minimum Gasteiger partial charge on any atom is -0.495 e. The number of methoxy groups -OCH3 is 1. The van der Waals surface area contributed by atoms with Gasteiger partial charge in [-0.2, -0.15) is 0 Å². The summed E-state index contributed by atoms with van der Waals surface area (Å²) in [4.78, 5) is 21.3. The third-order valence-electron chi connectivity index (χ3n) is 5.41. The van der Waals surface area contributed by atoms with Gasteiger partial charge in [-0.3, -0.25) is 4.98 Å². The standard InChI is InChI=1S/C22H29ClFN5O2/c1-28(2)10-11-29-9-8-20(27-22(30)26-16-6-4-15(23)5-7-16)18(14-29)21-19(24)12-17(31-3)13-25-21/h4-7,12-13,18,20H,8-11,14H2,1-3H3,(H2,26,27,30). The molecule has 1 saturated heterocycles. The van der Waals surface area contributed by atoms with Gasteiger partial charge in [-0.15, -0.1) is 0 Å². The zero-order chi connectivity index (χ0) is 22.4. The number of aromatic nitrogens is 1. The van der Waals surface area contributed by atoms with E-state index in [0.29, 0.717) is 35.1 Å². The summed E-state index contributed by atoms with van der Waals surface area (Å²) >= 11 is 5.90. The number of carbonyl (C=O) groups excluding carboxylic acids is 1. The first kappa shape index (κ1) is 23.2. The maximum Gasteiger partial charge on any atom is 0.319 e. The van der Waals surface area contributed by atoms with Crippen LogP contribution in [-0.4, -0.2) is 74.2 Å². The number of nitrogens with one attached hydrogen (secondary N) is 2. The van der Waals surface area contributed by atoms with Crippen LogP contribution < -0.4 is 15.4 Å². The van der Waals surface area contributed by atoms with Gasteiger partial charge in [-0.25, -0.2) is 9.18 Å². The second-order valence-electron chi connectivity index (χ2n) is 7.95. The van der Waals surface area contributed by atoms with Crippen molar-refractivity contribution < 1.29 is 13.9 Å². The van der Waals surface area contributed by atoms with Gasteiger partial charge >= 0.3 is 6.03 Å². The first-order valence-electron chi connectivity index (χ1n) is 10.3. The molecular formula is C22H29ClFN5O2. The summed E-state index contributed by atoms with van der Waals surface area (Å²) in [6.45, 7) is 3.19. The van der Waals surface area contributed by atoms with Crippen molar-refractivity contribution >= 4 is 23.3 Å². The topological polar surface area (TPSA) is 69.7 Å². The second kappa shape index (κ2) is 10.7. The Morgan fingerprint density at radius 1 is 1.35 bits per heavy atom. The Morgan fingerprint density at radius 2 is 2.10 bits per heavy atom. The summed E-state index contributed by atoms with van der Waals surface area (Å²) in [7, 11) is 5.53. The number of urea groups is 1. The fourth-order valence-corrected chi connectivity index (χ4v) is 3.82. The van der Waals surface area contributed by atoms with Crippen molar-refractivity contribution in [2.75, 3.05) is 52.7 Å². The molecule has 2 amide bonds. The summed E-state index contributed by atoms with van der Waals surface area (Å²) in [5, 5.41) is 6.42. The molecule has 2 atom stereocenters. The normalized spacial score (nSPS) is 19.3. The van der Waals surface area contributed by atoms with E-state index in [1.54, 1.807) is 24.3 Å². The number of anilines is 1. The van der Waals surface area contributed by atoms with Gasteiger partial charge < -0.3 is 25.2 Å². The number of likely N-dealkylation sites (N-methyl/N-ethyl adjacent to an activating group) is 1. The Kier molecular flexibility index (Phi) is 8.06. The highest BCUT2D eigenvalue weighted by molar-refractivity contribution is 6.30. The Labute approximate surface area is 187 Å². The van der Waals surface area contributed by atoms with Crippen LogP contribution in [0.1, 0.15) is 18.0 Å². The van der Waals surface area contributed by atoms with Crippen molar-refractivity contribution in [3.8, 4) is 5.75 Å². The van der Waals surface area contributed by atoms with Crippen LogP contribution in [0.3, 0.4) is 0 Å². The molecule has 1 aliphatic rings. The Hall–Kier alpha value is -2.42. The maximum absolute atomic E-state index is 14.8. The minimum absolute atomic E-state index is 0.252. The largest absolute Gasteiger partial charge is 0.495 e. The average Bonchev–Trinajstić information content (AvgIpc) is 2.74. The van der Waals surface area contributed by atoms with Crippen LogP contribution in [0.15, 0.2) is 36.5 Å². The smallest absolute Gasteiger partial charge is 0.319 e. The molecule has 168 valence electrons. The number of halogens is 2. The molecule has 2 unspecified atom stereocenters. The number of piperidine rings is 1. The van der Waals surface area contributed by atoms with E-state index in [4.69, 9.17) is 16.3 Å². The van der Waals surface area contributed by atoms with Gasteiger partial charge in [0.25, 0.3) is 0 Å². The highest BCUT2D eigenvalue weighted by Gasteiger charge is 2.34. The number of carbonyl (C=O) groups is 1. The van der Waals surface area contributed by atoms with Crippen LogP contribution in [0.5, 0.6) is 5.75 Å². The number of likely N-dealkylation sites (tertiary alicyclic amines) is 1. The van der Waals surface area contributed by atoms with Crippen molar-refractivity contribution in [1.29, 1.82) is 0 Å². The Morgan fingerprint density at radius 3 is 2.74 bits per heavy atom. The Bertz CT molecular complexity index is 881. The van der Waals surface area contributed by atoms with E-state index in [2.05, 4.69) is 25.4 Å². The second-order valence-corrected chi connectivity index (χ2v) is 8.39. The number of hydrogen-bond donors (Lipinski definition) is 2. The fraction of sp³-hybridized carbons (Fsp3) is 0.455. The van der Waals surface area contributed by atoms with E-state index in [1.165, 1.54) is 19.4 Å². The molecule has 0 bridgehead atoms. The van der Waals surface area contributed by atoms with Crippen molar-refractivity contribution in [3.63, 3.8) is 0 Å². The van der Waals surface area contributed by atoms with Crippen LogP contribution in [0.4, 0.5) is 14.9 Å². The highest BCUT2D eigenvalue weighted by atomic mass is 35.5. The van der Waals surface area contributed by atoms with Crippen molar-refractivity contribution in [3.05, 3.63) is 53.1 Å². The van der Waals surface area contributed by atoms with Gasteiger partial charge in [-0.05, 0) is 44.8 Å². The van der Waals surface area contributed by atoms with E-state index in [1.807, 2.05) is 14.1 Å². The summed E-state index contributed by atoms with van der Waals surface area (Å²) < 4.78 is 19.9. The predicted molar refractivity (Wildman–Crippen MR) is 120 cm³/mol. The number of pyridine rings is 1. The van der Waals surface area contributed by atoms with E-state index >= 15 is 0 Å². The van der Waals surface area contributed by atoms with Crippen molar-refractivity contribution in [1.82, 2.24) is 20.1 Å². The monoisotopic (exact) mass is 449 g/mol. The fourth-order valence-electron chi connectivity index (χ4n) is 3.70. The molecule has 0 saturated carbocycles. The molecule has 1 aliphatic heterocycles. The summed E-state index contributed by atoms with van der Waals surface area (Å²) in [5.74, 6) is -0.340. The van der Waals surface area contributed by atoms with Crippen LogP contribution >= 0.6 is 11.6 Å². The zero-order valence-electron chi connectivity index (χ0n) is 18.1. The van der Waals surface area contributed by atoms with E-state index in [9.17, 15) is 9.18 Å². The molecule has 1 aromatic carbocycles. The van der Waals surface area contributed by atoms with Gasteiger partial charge in [0.1, 0.15) is 11.6 Å². The SMILES string of the molecule is COc1cnc(C2CN(CCN(C)C)CCC2NC(=O)Nc2ccc(Cl)cc2)c(F)c1. The molecule has 0 aliphatic carbocycles. The van der Waals surface area contributed by atoms with Gasteiger partial charge in [-0.1, -0.05) is 11.6 Å². The predicted octanol–water partition coefficient (Wildman–Crippen LogP) is 3.42. The van der Waals surface area contributed by atoms with Crippen LogP contribution in [-0.2, 0) is 0 Å². The first-order chi connectivity index (χ1) is 14.9. The summed E-state index contributed by atoms with van der Waals surface area (Å²) in [6.07, 6.45) is 2.21. The molecule has 1 fully saturated rings. The number of rotatable bonds is 7. The van der Waals surface area contributed by atoms with Gasteiger partial charge in [0.05, 0.1) is 19.0 Å². The van der Waals surface area contributed by atoms with Gasteiger partial charge in [0, 0.05) is 54.9 Å². The third-order valence-corrected chi connectivity index (χ3v) is 5.66. The maximum atomic E-state index is 14.8. The lowest BCUT2D eigenvalue weighted by molar-refractivity contribution is 0.160. The van der Waals surface area contributed by atoms with Gasteiger partial charge in [0.2, 0.25) is 0 Å². The number of hydrogen-bond acceptors (Lipinski definition) is 5. The lowest BCUT2D eigenvalue weighted by atomic mass is 9.88. The molecule has 1 aromatic heterocycles. The van der Waals surface area contributed by atoms with E-state index in [0.717, 1.165) is 19.6 Å². The zero-order valence-corrected chi connectivity index (χ0v) is 18.8. The summed E-state index contributed by atoms with van der Waals surface area (Å²) in [5.41, 5.74) is 0.975. The average molecular weight is 450 g/mol. The molecule has 2 aromatic rings. The number of nitrogens with zero attached hydrogens (tertiary/aromatic N) is 3. The lowest BCUT2D eigenvalue weighted by Gasteiger charge is -2.39. The first-order valence-corrected chi connectivity index (χ1v) is 10.6. The molecule has 31 heavy (non-hydrogen) atoms. The number of ether oxygens (including phenoxy) is 1. The minimum atomic E-state index is -0.427. The molecule has 0 radical (unpaired) electrons. The number of benzene rings is 1. The molecule has 2 N–H and O–H groups in total. The van der Waals surface area contributed by atoms with E-state index < -0.39 is 5.82 Å². The van der Waals surface area contributed by atoms with Crippen molar-refractivity contribution in [2.45, 2.75) is 18.4 Å². The van der Waals surface area contributed by atoms with Crippen molar-refractivity contribution in [2.24, 2.45) is 0 Å². The van der Waals surface area contributed by atoms with Crippen LogP contribution in [0.25, 0.3) is 0 Å². The van der Waals surface area contributed by atoms with E-state index in [-0.39, 0.29) is 18.0 Å². The van der Waals surface area contributed by atoms with Crippen LogP contribution in [0, 0.1) is 5.82 Å². The lowest BCUT2D eigenvalue weighted by Crippen LogP contribution is -2.52. The summed E-state index contributed by atoms with van der Waals surface area (Å²) in [6, 6.07) is 7.62. The van der Waals surface area contributed by atoms with Crippen LogP contribution in [0.2, 0.25) is 5.02 Å². The molecule has 2 heterocycles. The quantitative estimate of drug-likeness (QED) is 0.677. The highest BCUT2D eigenvalue weighted by Crippen LogP contribution is 2.29. The molecule has 9 heteroatoms. The third kappa shape index (κ3) is 6.53. The van der Waals surface area contributed by atoms with Gasteiger partial charge in [0.15, 0.2) is 0 Å². The molecule has 0 spiro atoms. The molecule has 7 nitrogen and oxygen atoms in total.